The number of carbonyl (C=O) groups excluding carboxylic acids is 3. The van der Waals surface area contributed by atoms with Gasteiger partial charge in [-0.05, 0) is 105 Å². The van der Waals surface area contributed by atoms with Crippen LogP contribution >= 0.6 is 0 Å². The minimum Gasteiger partial charge on any atom is -0.497 e. The molecule has 1 N–H and O–H groups in total. The van der Waals surface area contributed by atoms with E-state index in [0.717, 1.165) is 105 Å². The number of hydrogen-bond acceptors (Lipinski definition) is 12. The molecule has 0 aliphatic carbocycles. The summed E-state index contributed by atoms with van der Waals surface area (Å²) in [6, 6.07) is 22.0. The number of fused-ring (bicyclic) bond motifs is 1. The Hall–Kier alpha value is -5.93. The van der Waals surface area contributed by atoms with Gasteiger partial charge in [-0.25, -0.2) is 19.6 Å². The molecule has 0 atom stereocenters. The fraction of sp³-hybridized carbons (Fsp3) is 0.468. The third kappa shape index (κ3) is 10.2. The number of hydrogen-bond donors (Lipinski definition) is 1. The van der Waals surface area contributed by atoms with E-state index in [0.29, 0.717) is 38.4 Å². The lowest BCUT2D eigenvalue weighted by molar-refractivity contribution is -0.129. The molecule has 4 aromatic rings. The molecule has 62 heavy (non-hydrogen) atoms. The van der Waals surface area contributed by atoms with Crippen molar-refractivity contribution in [1.82, 2.24) is 29.6 Å². The molecule has 8 rings (SSSR count). The number of nitrogens with one attached hydrogen (secondary N) is 1. The predicted octanol–water partition coefficient (Wildman–Crippen LogP) is 6.13. The fourth-order valence-electron chi connectivity index (χ4n) is 8.59. The number of amides is 4. The Morgan fingerprint density at radius 3 is 2.05 bits per heavy atom. The number of benzene rings is 3. The summed E-state index contributed by atoms with van der Waals surface area (Å²) >= 11 is 0. The van der Waals surface area contributed by atoms with Gasteiger partial charge in [0.2, 0.25) is 11.9 Å². The van der Waals surface area contributed by atoms with Gasteiger partial charge in [0, 0.05) is 114 Å². The molecule has 0 spiro atoms. The molecule has 0 unspecified atom stereocenters. The van der Waals surface area contributed by atoms with E-state index in [-0.39, 0.29) is 24.6 Å². The molecule has 0 radical (unpaired) electrons. The average molecular weight is 845 g/mol. The number of imide groups is 1. The first-order valence-corrected chi connectivity index (χ1v) is 21.9. The van der Waals surface area contributed by atoms with Crippen molar-refractivity contribution >= 4 is 46.7 Å². The number of piperazine rings is 2. The molecule has 3 saturated heterocycles. The van der Waals surface area contributed by atoms with Crippen LogP contribution in [-0.2, 0) is 29.0 Å². The first-order valence-electron chi connectivity index (χ1n) is 21.9. The van der Waals surface area contributed by atoms with Crippen LogP contribution in [0.25, 0.3) is 0 Å². The number of carbonyl (C=O) groups is 3. The lowest BCUT2D eigenvalue weighted by Crippen LogP contribution is -2.52. The van der Waals surface area contributed by atoms with Crippen LogP contribution in [0.15, 0.2) is 72.9 Å². The molecule has 4 amide bonds. The molecular weight excluding hydrogens is 785 g/mol. The van der Waals surface area contributed by atoms with Crippen molar-refractivity contribution in [3.8, 4) is 5.75 Å². The molecule has 0 saturated carbocycles. The minimum atomic E-state index is -0.540. The highest BCUT2D eigenvalue weighted by atomic mass is 16.6. The van der Waals surface area contributed by atoms with Crippen LogP contribution in [0.4, 0.5) is 38.3 Å². The van der Waals surface area contributed by atoms with E-state index in [1.165, 1.54) is 16.3 Å². The van der Waals surface area contributed by atoms with Crippen LogP contribution in [0.5, 0.6) is 5.75 Å². The second-order valence-corrected chi connectivity index (χ2v) is 17.6. The predicted molar refractivity (Wildman–Crippen MR) is 241 cm³/mol. The molecule has 0 bridgehead atoms. The van der Waals surface area contributed by atoms with Crippen LogP contribution in [0.1, 0.15) is 49.6 Å². The number of nitrogens with zero attached hydrogens (tertiary/aromatic N) is 9. The van der Waals surface area contributed by atoms with Crippen molar-refractivity contribution in [2.75, 3.05) is 106 Å². The first kappa shape index (κ1) is 42.7. The van der Waals surface area contributed by atoms with Gasteiger partial charge in [0.15, 0.2) is 0 Å². The summed E-state index contributed by atoms with van der Waals surface area (Å²) in [6.45, 7) is 19.4. The maximum atomic E-state index is 13.6. The zero-order valence-electron chi connectivity index (χ0n) is 36.8. The van der Waals surface area contributed by atoms with E-state index in [1.807, 2.05) is 57.3 Å². The fourth-order valence-corrected chi connectivity index (χ4v) is 8.59. The Balaban J connectivity index is 0.759. The maximum Gasteiger partial charge on any atom is 0.410 e. The Morgan fingerprint density at radius 2 is 1.42 bits per heavy atom. The Morgan fingerprint density at radius 1 is 0.774 bits per heavy atom. The number of methoxy groups -OCH3 is 1. The number of ether oxygens (including phenoxy) is 2. The van der Waals surface area contributed by atoms with Crippen LogP contribution < -0.4 is 24.8 Å². The van der Waals surface area contributed by atoms with Crippen molar-refractivity contribution in [2.45, 2.75) is 59.2 Å². The zero-order valence-corrected chi connectivity index (χ0v) is 36.8. The molecule has 15 nitrogen and oxygen atoms in total. The van der Waals surface area contributed by atoms with Crippen molar-refractivity contribution in [2.24, 2.45) is 0 Å². The van der Waals surface area contributed by atoms with Gasteiger partial charge in [0.05, 0.1) is 25.9 Å². The number of rotatable bonds is 11. The summed E-state index contributed by atoms with van der Waals surface area (Å²) in [4.78, 5) is 63.2. The molecule has 3 fully saturated rings. The van der Waals surface area contributed by atoms with Crippen LogP contribution in [0, 0.1) is 6.92 Å². The van der Waals surface area contributed by atoms with E-state index in [9.17, 15) is 14.4 Å². The van der Waals surface area contributed by atoms with Gasteiger partial charge < -0.3 is 29.5 Å². The number of anilines is 5. The largest absolute Gasteiger partial charge is 0.497 e. The Kier molecular flexibility index (Phi) is 12.8. The molecule has 328 valence electrons. The number of urea groups is 1. The number of aryl methyl sites for hydroxylation is 1. The lowest BCUT2D eigenvalue weighted by Gasteiger charge is -2.39. The smallest absolute Gasteiger partial charge is 0.410 e. The normalized spacial score (nSPS) is 17.9. The second-order valence-electron chi connectivity index (χ2n) is 17.6. The van der Waals surface area contributed by atoms with E-state index in [2.05, 4.69) is 73.2 Å². The highest BCUT2D eigenvalue weighted by Gasteiger charge is 2.34. The summed E-state index contributed by atoms with van der Waals surface area (Å²) in [7, 11) is 1.62. The van der Waals surface area contributed by atoms with Crippen molar-refractivity contribution < 1.29 is 23.9 Å². The van der Waals surface area contributed by atoms with Crippen molar-refractivity contribution in [3.63, 3.8) is 0 Å². The van der Waals surface area contributed by atoms with Gasteiger partial charge in [-0.1, -0.05) is 12.1 Å². The summed E-state index contributed by atoms with van der Waals surface area (Å²) in [5, 5.41) is 3.35. The minimum absolute atomic E-state index is 0.149. The van der Waals surface area contributed by atoms with Crippen molar-refractivity contribution in [3.05, 3.63) is 95.3 Å². The lowest BCUT2D eigenvalue weighted by atomic mass is 10.1. The summed E-state index contributed by atoms with van der Waals surface area (Å²) < 4.78 is 10.8. The first-order chi connectivity index (χ1) is 29.9. The highest BCUT2D eigenvalue weighted by Crippen LogP contribution is 2.30. The molecule has 5 heterocycles. The molecule has 15 heteroatoms. The van der Waals surface area contributed by atoms with E-state index in [4.69, 9.17) is 14.5 Å². The van der Waals surface area contributed by atoms with Gasteiger partial charge in [0.25, 0.3) is 0 Å². The van der Waals surface area contributed by atoms with E-state index < -0.39 is 5.60 Å². The van der Waals surface area contributed by atoms with Gasteiger partial charge in [-0.2, -0.15) is 0 Å². The maximum absolute atomic E-state index is 13.6. The monoisotopic (exact) mass is 844 g/mol. The van der Waals surface area contributed by atoms with Gasteiger partial charge in [0.1, 0.15) is 11.4 Å². The van der Waals surface area contributed by atoms with Gasteiger partial charge in [-0.15, -0.1) is 0 Å². The summed E-state index contributed by atoms with van der Waals surface area (Å²) in [6.07, 6.45) is 2.54. The average Bonchev–Trinajstić information content (AvgIpc) is 3.27. The molecule has 3 aromatic carbocycles. The topological polar surface area (TPSA) is 130 Å². The standard InChI is InChI=1S/C47H60N10O5/c1-34-30-39(12-15-42(34)56-19-17-43(58)57(45(56)59)32-35-6-13-40(61-5)14-7-35)54-28-24-52(25-29-54)21-20-51-22-26-53(27-23-51)38-10-8-37(9-11-38)49-44-48-31-36-16-18-55(33-41(36)50-44)46(60)62-47(2,3)4/h6-15,30-31H,16-29,32-33H2,1-5H3,(H,48,49,50). The molecule has 4 aliphatic heterocycles. The third-order valence-electron chi connectivity index (χ3n) is 12.2. The third-order valence-corrected chi connectivity index (χ3v) is 12.2. The van der Waals surface area contributed by atoms with Crippen LogP contribution in [0.3, 0.4) is 0 Å². The number of aromatic nitrogens is 2. The molecular formula is C47H60N10O5. The molecule has 1 aromatic heterocycles. The summed E-state index contributed by atoms with van der Waals surface area (Å²) in [5.74, 6) is 1.10. The SMILES string of the molecule is COc1ccc(CN2C(=O)CCN(c3ccc(N4CCN(CCN5CCN(c6ccc(Nc7ncc8c(n7)CN(C(=O)OC(C)(C)C)CC8)cc6)CC5)CC4)cc3C)C2=O)cc1. The zero-order chi connectivity index (χ0) is 43.4. The van der Waals surface area contributed by atoms with Crippen LogP contribution in [-0.4, -0.2) is 139 Å². The Labute approximate surface area is 365 Å². The summed E-state index contributed by atoms with van der Waals surface area (Å²) in [5.41, 5.74) is 7.42. The van der Waals surface area contributed by atoms with Crippen LogP contribution in [0.2, 0.25) is 0 Å². The van der Waals surface area contributed by atoms with Gasteiger partial charge >= 0.3 is 12.1 Å². The second kappa shape index (κ2) is 18.6. The highest BCUT2D eigenvalue weighted by molar-refractivity contribution is 6.06. The van der Waals surface area contributed by atoms with E-state index in [1.54, 1.807) is 16.9 Å². The Bertz CT molecular complexity index is 2210. The van der Waals surface area contributed by atoms with Gasteiger partial charge in [-0.3, -0.25) is 24.4 Å². The molecule has 4 aliphatic rings. The van der Waals surface area contributed by atoms with E-state index >= 15 is 0 Å². The quantitative estimate of drug-likeness (QED) is 0.186. The van der Waals surface area contributed by atoms with Crippen molar-refractivity contribution in [1.29, 1.82) is 0 Å².